The Bertz CT molecular complexity index is 430. The summed E-state index contributed by atoms with van der Waals surface area (Å²) in [7, 11) is 0. The maximum absolute atomic E-state index is 11.6. The van der Waals surface area contributed by atoms with Gasteiger partial charge in [0, 0.05) is 4.90 Å². The summed E-state index contributed by atoms with van der Waals surface area (Å²) < 4.78 is 0. The van der Waals surface area contributed by atoms with Crippen LogP contribution < -0.4 is 0 Å². The molecule has 0 bridgehead atoms. The van der Waals surface area contributed by atoms with Crippen molar-refractivity contribution in [3.8, 4) is 0 Å². The van der Waals surface area contributed by atoms with Gasteiger partial charge in [-0.25, -0.2) is 0 Å². The molecule has 14 heavy (non-hydrogen) atoms. The normalized spacial score (nSPS) is 19.5. The Morgan fingerprint density at radius 2 is 2.21 bits per heavy atom. The van der Waals surface area contributed by atoms with Crippen molar-refractivity contribution in [2.24, 2.45) is 0 Å². The summed E-state index contributed by atoms with van der Waals surface area (Å²) in [6, 6.07) is 4.99. The number of benzene rings is 1. The number of carboxylic acid groups (broad SMARTS) is 1. The van der Waals surface area contributed by atoms with Crippen molar-refractivity contribution in [3.63, 3.8) is 0 Å². The van der Waals surface area contributed by atoms with Crippen LogP contribution in [-0.4, -0.2) is 22.1 Å². The molecule has 0 aliphatic carbocycles. The number of rotatable bonds is 1. The molecule has 1 aliphatic heterocycles. The third kappa shape index (κ3) is 1.31. The van der Waals surface area contributed by atoms with Crippen LogP contribution in [0.15, 0.2) is 23.1 Å². The smallest absolute Gasteiger partial charge is 0.325 e. The van der Waals surface area contributed by atoms with Gasteiger partial charge in [-0.1, -0.05) is 17.7 Å². The number of thioether (sulfide) groups is 1. The van der Waals surface area contributed by atoms with Crippen LogP contribution in [0.25, 0.3) is 0 Å². The predicted octanol–water partition coefficient (Wildman–Crippen LogP) is 2.08. The molecule has 1 unspecified atom stereocenters. The van der Waals surface area contributed by atoms with Crippen molar-refractivity contribution in [2.45, 2.75) is 10.1 Å². The van der Waals surface area contributed by atoms with E-state index in [9.17, 15) is 9.59 Å². The van der Waals surface area contributed by atoms with Crippen LogP contribution >= 0.6 is 23.4 Å². The molecule has 1 N–H and O–H groups in total. The van der Waals surface area contributed by atoms with Crippen LogP contribution in [0.2, 0.25) is 5.02 Å². The molecule has 1 aromatic rings. The Morgan fingerprint density at radius 1 is 1.50 bits per heavy atom. The van der Waals surface area contributed by atoms with E-state index in [0.29, 0.717) is 15.5 Å². The minimum atomic E-state index is -1.12. The van der Waals surface area contributed by atoms with Crippen molar-refractivity contribution in [1.29, 1.82) is 0 Å². The molecule has 1 aliphatic rings. The first-order valence-corrected chi connectivity index (χ1v) is 5.09. The molecule has 1 atom stereocenters. The van der Waals surface area contributed by atoms with Gasteiger partial charge in [0.2, 0.25) is 0 Å². The molecule has 0 saturated carbocycles. The molecule has 0 spiro atoms. The highest BCUT2D eigenvalue weighted by atomic mass is 35.5. The lowest BCUT2D eigenvalue weighted by Crippen LogP contribution is -2.22. The first-order chi connectivity index (χ1) is 6.61. The first kappa shape index (κ1) is 9.55. The number of carbonyl (C=O) groups excluding carboxylic acids is 1. The standard InChI is InChI=1S/C9H5ClO3S/c10-4-2-1-3-5-6(4)7(11)8(14-5)9(12)13/h1-3,8H,(H,12,13). The highest BCUT2D eigenvalue weighted by molar-refractivity contribution is 8.02. The molecule has 5 heteroatoms. The van der Waals surface area contributed by atoms with Gasteiger partial charge in [0.15, 0.2) is 11.0 Å². The molecule has 3 nitrogen and oxygen atoms in total. The number of ketones is 1. The highest BCUT2D eigenvalue weighted by Crippen LogP contribution is 2.40. The predicted molar refractivity (Wildman–Crippen MR) is 53.1 cm³/mol. The number of Topliss-reactive ketones (excluding diaryl/α,β-unsaturated/α-hetero) is 1. The van der Waals surface area contributed by atoms with Crippen LogP contribution in [0, 0.1) is 0 Å². The minimum Gasteiger partial charge on any atom is -0.480 e. The Balaban J connectivity index is 2.51. The first-order valence-electron chi connectivity index (χ1n) is 3.83. The van der Waals surface area contributed by atoms with Gasteiger partial charge in [-0.15, -0.1) is 11.8 Å². The van der Waals surface area contributed by atoms with Crippen LogP contribution in [0.1, 0.15) is 10.4 Å². The number of hydrogen-bond acceptors (Lipinski definition) is 3. The van der Waals surface area contributed by atoms with Gasteiger partial charge < -0.3 is 5.11 Å². The van der Waals surface area contributed by atoms with E-state index in [4.69, 9.17) is 16.7 Å². The lowest BCUT2D eigenvalue weighted by Gasteiger charge is -1.98. The topological polar surface area (TPSA) is 54.4 Å². The molecule has 0 fully saturated rings. The van der Waals surface area contributed by atoms with Gasteiger partial charge >= 0.3 is 5.97 Å². The molecule has 0 amide bonds. The molecular formula is C9H5ClO3S. The molecule has 1 heterocycles. The Hall–Kier alpha value is -1.00. The summed E-state index contributed by atoms with van der Waals surface area (Å²) >= 11 is 6.84. The second-order valence-electron chi connectivity index (χ2n) is 2.81. The zero-order valence-electron chi connectivity index (χ0n) is 6.86. The zero-order chi connectivity index (χ0) is 10.3. The molecule has 0 saturated heterocycles. The fourth-order valence-corrected chi connectivity index (χ4v) is 2.70. The number of fused-ring (bicyclic) bond motifs is 1. The minimum absolute atomic E-state index is 0.323. The highest BCUT2D eigenvalue weighted by Gasteiger charge is 2.37. The summed E-state index contributed by atoms with van der Waals surface area (Å²) in [5.41, 5.74) is 0.339. The van der Waals surface area contributed by atoms with E-state index in [1.54, 1.807) is 18.2 Å². The summed E-state index contributed by atoms with van der Waals surface area (Å²) in [4.78, 5) is 22.9. The lowest BCUT2D eigenvalue weighted by atomic mass is 10.1. The third-order valence-corrected chi connectivity index (χ3v) is 3.49. The van der Waals surface area contributed by atoms with Crippen molar-refractivity contribution in [2.75, 3.05) is 0 Å². The van der Waals surface area contributed by atoms with Gasteiger partial charge in [-0.05, 0) is 12.1 Å². The molecule has 1 aromatic carbocycles. The third-order valence-electron chi connectivity index (χ3n) is 1.93. The Kier molecular flexibility index (Phi) is 2.25. The maximum Gasteiger partial charge on any atom is 0.325 e. The van der Waals surface area contributed by atoms with E-state index in [2.05, 4.69) is 0 Å². The average molecular weight is 229 g/mol. The number of carbonyl (C=O) groups is 2. The van der Waals surface area contributed by atoms with Crippen LogP contribution in [0.3, 0.4) is 0 Å². The Labute approximate surface area is 89.1 Å². The molecule has 2 rings (SSSR count). The second kappa shape index (κ2) is 3.29. The van der Waals surface area contributed by atoms with Crippen LogP contribution in [-0.2, 0) is 4.79 Å². The summed E-state index contributed by atoms with van der Waals surface area (Å²) in [6.07, 6.45) is 0. The van der Waals surface area contributed by atoms with Gasteiger partial charge in [0.05, 0.1) is 10.6 Å². The largest absolute Gasteiger partial charge is 0.480 e. The number of hydrogen-bond donors (Lipinski definition) is 1. The number of carboxylic acids is 1. The molecule has 72 valence electrons. The fraction of sp³-hybridized carbons (Fsp3) is 0.111. The summed E-state index contributed by atoms with van der Waals surface area (Å²) in [6.45, 7) is 0. The van der Waals surface area contributed by atoms with Gasteiger partial charge in [-0.3, -0.25) is 9.59 Å². The van der Waals surface area contributed by atoms with E-state index in [-0.39, 0.29) is 0 Å². The SMILES string of the molecule is O=C(O)C1Sc2cccc(Cl)c2C1=O. The van der Waals surface area contributed by atoms with Gasteiger partial charge in [0.25, 0.3) is 0 Å². The van der Waals surface area contributed by atoms with Crippen molar-refractivity contribution in [1.82, 2.24) is 0 Å². The van der Waals surface area contributed by atoms with Crippen LogP contribution in [0.5, 0.6) is 0 Å². The fourth-order valence-electron chi connectivity index (χ4n) is 1.32. The monoisotopic (exact) mass is 228 g/mol. The van der Waals surface area contributed by atoms with Crippen LogP contribution in [0.4, 0.5) is 0 Å². The van der Waals surface area contributed by atoms with E-state index < -0.39 is 17.0 Å². The number of halogens is 1. The van der Waals surface area contributed by atoms with E-state index >= 15 is 0 Å². The average Bonchev–Trinajstić information content (AvgIpc) is 2.45. The zero-order valence-corrected chi connectivity index (χ0v) is 8.43. The van der Waals surface area contributed by atoms with Crippen molar-refractivity contribution < 1.29 is 14.7 Å². The van der Waals surface area contributed by atoms with Gasteiger partial charge in [-0.2, -0.15) is 0 Å². The summed E-state index contributed by atoms with van der Waals surface area (Å²) in [5, 5.41) is 8.05. The van der Waals surface area contributed by atoms with E-state index in [0.717, 1.165) is 11.8 Å². The summed E-state index contributed by atoms with van der Waals surface area (Å²) in [5.74, 6) is -1.53. The number of aliphatic carboxylic acids is 1. The Morgan fingerprint density at radius 3 is 2.79 bits per heavy atom. The molecule has 0 radical (unpaired) electrons. The van der Waals surface area contributed by atoms with E-state index in [1.165, 1.54) is 0 Å². The van der Waals surface area contributed by atoms with E-state index in [1.807, 2.05) is 0 Å². The molecule has 0 aromatic heterocycles. The molecular weight excluding hydrogens is 224 g/mol. The van der Waals surface area contributed by atoms with Crippen molar-refractivity contribution >= 4 is 35.1 Å². The second-order valence-corrected chi connectivity index (χ2v) is 4.37. The lowest BCUT2D eigenvalue weighted by molar-refractivity contribution is -0.135. The quantitative estimate of drug-likeness (QED) is 0.748. The maximum atomic E-state index is 11.6. The van der Waals surface area contributed by atoms with Crippen molar-refractivity contribution in [3.05, 3.63) is 28.8 Å². The van der Waals surface area contributed by atoms with Gasteiger partial charge in [0.1, 0.15) is 0 Å².